The number of rotatable bonds is 4. The lowest BCUT2D eigenvalue weighted by molar-refractivity contribution is 1.07. The Hall–Kier alpha value is -3.65. The number of hydrogen-bond acceptors (Lipinski definition) is 0. The van der Waals surface area contributed by atoms with E-state index in [2.05, 4.69) is 114 Å². The van der Waals surface area contributed by atoms with Gasteiger partial charge >= 0.3 is 0 Å². The number of aryl methyl sites for hydroxylation is 1. The molecular weight excluding hydrogens is 340 g/mol. The summed E-state index contributed by atoms with van der Waals surface area (Å²) < 4.78 is 2.26. The summed E-state index contributed by atoms with van der Waals surface area (Å²) in [6.45, 7) is 2.10. The second kappa shape index (κ2) is 8.36. The van der Waals surface area contributed by atoms with Crippen LogP contribution in [0.2, 0.25) is 0 Å². The van der Waals surface area contributed by atoms with Crippen molar-refractivity contribution in [1.82, 2.24) is 4.58 Å². The van der Waals surface area contributed by atoms with Gasteiger partial charge < -0.3 is 0 Å². The van der Waals surface area contributed by atoms with Crippen molar-refractivity contribution in [2.45, 2.75) is 6.92 Å². The molecule has 0 bridgehead atoms. The van der Waals surface area contributed by atoms with E-state index in [1.165, 1.54) is 5.56 Å². The molecule has 0 aliphatic heterocycles. The molecule has 0 spiro atoms. The fourth-order valence-electron chi connectivity index (χ4n) is 3.19. The Morgan fingerprint density at radius 2 is 1.04 bits per heavy atom. The highest BCUT2D eigenvalue weighted by molar-refractivity contribution is 6.10. The van der Waals surface area contributed by atoms with Gasteiger partial charge in [0.2, 0.25) is 0 Å². The first kappa shape index (κ1) is 17.7. The maximum Gasteiger partial charge on any atom is 0.292 e. The summed E-state index contributed by atoms with van der Waals surface area (Å²) in [5.41, 5.74) is 5.63. The van der Waals surface area contributed by atoms with Gasteiger partial charge in [-0.05, 0) is 55.5 Å². The van der Waals surface area contributed by atoms with E-state index in [4.69, 9.17) is 0 Å². The fourth-order valence-corrected chi connectivity index (χ4v) is 3.19. The molecule has 0 amide bonds. The Labute approximate surface area is 166 Å². The lowest BCUT2D eigenvalue weighted by Crippen LogP contribution is -2.26. The van der Waals surface area contributed by atoms with E-state index in [9.17, 15) is 0 Å². The van der Waals surface area contributed by atoms with Crippen LogP contribution in [0, 0.1) is 6.92 Å². The molecule has 0 saturated carbocycles. The Morgan fingerprint density at radius 1 is 0.571 bits per heavy atom. The molecule has 0 unspecified atom stereocenters. The van der Waals surface area contributed by atoms with Crippen LogP contribution in [0.15, 0.2) is 115 Å². The minimum atomic E-state index is 1.02. The van der Waals surface area contributed by atoms with Crippen molar-refractivity contribution in [1.29, 1.82) is 0 Å². The topological polar surface area (TPSA) is 15.0 Å². The summed E-state index contributed by atoms with van der Waals surface area (Å²) >= 11 is 0. The van der Waals surface area contributed by atoms with Crippen LogP contribution in [-0.2, 0) is 0 Å². The quantitative estimate of drug-likeness (QED) is 0.252. The fraction of sp³-hybridized carbons (Fsp3) is 0.0385. The van der Waals surface area contributed by atoms with Gasteiger partial charge in [-0.3, -0.25) is 0 Å². The molecule has 0 aliphatic rings. The van der Waals surface area contributed by atoms with Crippen LogP contribution in [0.5, 0.6) is 0 Å². The highest BCUT2D eigenvalue weighted by Crippen LogP contribution is 2.23. The molecule has 1 N–H and O–H groups in total. The highest BCUT2D eigenvalue weighted by atomic mass is 15.1. The van der Waals surface area contributed by atoms with Gasteiger partial charge in [0.25, 0.3) is 5.84 Å². The predicted octanol–water partition coefficient (Wildman–Crippen LogP) is 6.39. The average molecular weight is 363 g/mol. The first-order valence-electron chi connectivity index (χ1n) is 9.47. The van der Waals surface area contributed by atoms with Gasteiger partial charge in [0.05, 0.1) is 5.56 Å². The first-order chi connectivity index (χ1) is 13.8. The summed E-state index contributed by atoms with van der Waals surface area (Å²) in [4.78, 5) is 0. The Balaban J connectivity index is 1.96. The van der Waals surface area contributed by atoms with Crippen molar-refractivity contribution in [2.75, 3.05) is 5.32 Å². The van der Waals surface area contributed by atoms with Gasteiger partial charge in [-0.25, -0.2) is 5.32 Å². The summed E-state index contributed by atoms with van der Waals surface area (Å²) in [5.74, 6) is 1.02. The van der Waals surface area contributed by atoms with Crippen molar-refractivity contribution in [3.8, 4) is 0 Å². The minimum Gasteiger partial charge on any atom is -0.240 e. The van der Waals surface area contributed by atoms with Crippen molar-refractivity contribution >= 4 is 22.9 Å². The molecule has 0 fully saturated rings. The van der Waals surface area contributed by atoms with Gasteiger partial charge in [0.15, 0.2) is 0 Å². The second-order valence-corrected chi connectivity index (χ2v) is 6.71. The zero-order valence-corrected chi connectivity index (χ0v) is 15.9. The normalized spacial score (nSPS) is 10.3. The number of benzene rings is 4. The van der Waals surface area contributed by atoms with Crippen LogP contribution in [-0.4, -0.2) is 5.84 Å². The Bertz CT molecular complexity index is 1010. The Morgan fingerprint density at radius 3 is 1.54 bits per heavy atom. The van der Waals surface area contributed by atoms with Gasteiger partial charge in [-0.15, -0.1) is 0 Å². The molecule has 2 nitrogen and oxygen atoms in total. The van der Waals surface area contributed by atoms with Gasteiger partial charge in [0, 0.05) is 0 Å². The third-order valence-corrected chi connectivity index (χ3v) is 4.61. The van der Waals surface area contributed by atoms with Crippen LogP contribution in [0.25, 0.3) is 0 Å². The van der Waals surface area contributed by atoms with E-state index in [-0.39, 0.29) is 0 Å². The maximum atomic E-state index is 3.66. The molecule has 28 heavy (non-hydrogen) atoms. The lowest BCUT2D eigenvalue weighted by atomic mass is 10.1. The predicted molar refractivity (Wildman–Crippen MR) is 120 cm³/mol. The third-order valence-electron chi connectivity index (χ3n) is 4.61. The summed E-state index contributed by atoms with van der Waals surface area (Å²) in [6.07, 6.45) is 0. The van der Waals surface area contributed by atoms with E-state index < -0.39 is 0 Å². The van der Waals surface area contributed by atoms with Crippen molar-refractivity contribution < 1.29 is 0 Å². The van der Waals surface area contributed by atoms with Crippen LogP contribution < -0.4 is 9.89 Å². The molecule has 4 rings (SSSR count). The van der Waals surface area contributed by atoms with E-state index >= 15 is 0 Å². The SMILES string of the molecule is Cc1ccc(NC(c2ccccc2)=[N+](c2ccccc2)c2ccccc2)cc1. The van der Waals surface area contributed by atoms with E-state index in [0.717, 1.165) is 28.5 Å². The maximum absolute atomic E-state index is 3.66. The molecule has 136 valence electrons. The number of para-hydroxylation sites is 2. The number of amidine groups is 1. The third kappa shape index (κ3) is 4.02. The molecule has 0 radical (unpaired) electrons. The van der Waals surface area contributed by atoms with E-state index in [1.54, 1.807) is 0 Å². The number of hydrogen-bond donors (Lipinski definition) is 1. The highest BCUT2D eigenvalue weighted by Gasteiger charge is 2.20. The number of anilines is 1. The smallest absolute Gasteiger partial charge is 0.240 e. The monoisotopic (exact) mass is 363 g/mol. The standard InChI is InChI=1S/C26H22N2/c1-21-17-19-23(20-18-21)27-26(22-11-5-2-6-12-22)28(24-13-7-3-8-14-24)25-15-9-4-10-16-25/h2-20H,1H3/p+1. The summed E-state index contributed by atoms with van der Waals surface area (Å²) in [7, 11) is 0. The van der Waals surface area contributed by atoms with Gasteiger partial charge in [-0.2, -0.15) is 4.58 Å². The van der Waals surface area contributed by atoms with E-state index in [1.807, 2.05) is 18.2 Å². The van der Waals surface area contributed by atoms with Crippen LogP contribution in [0.3, 0.4) is 0 Å². The largest absolute Gasteiger partial charge is 0.292 e. The summed E-state index contributed by atoms with van der Waals surface area (Å²) in [6, 6.07) is 39.8. The van der Waals surface area contributed by atoms with E-state index in [0.29, 0.717) is 0 Å². The van der Waals surface area contributed by atoms with Gasteiger partial charge in [-0.1, -0.05) is 72.3 Å². The van der Waals surface area contributed by atoms with Crippen LogP contribution >= 0.6 is 0 Å². The van der Waals surface area contributed by atoms with Crippen LogP contribution in [0.4, 0.5) is 17.1 Å². The van der Waals surface area contributed by atoms with Crippen molar-refractivity contribution in [3.05, 3.63) is 126 Å². The molecule has 0 heterocycles. The molecule has 0 aromatic heterocycles. The average Bonchev–Trinajstić information content (AvgIpc) is 2.77. The van der Waals surface area contributed by atoms with Gasteiger partial charge in [0.1, 0.15) is 17.1 Å². The number of nitrogens with one attached hydrogen (secondary N) is 1. The zero-order chi connectivity index (χ0) is 19.2. The molecule has 0 aliphatic carbocycles. The van der Waals surface area contributed by atoms with Crippen molar-refractivity contribution in [2.24, 2.45) is 0 Å². The molecule has 2 heteroatoms. The lowest BCUT2D eigenvalue weighted by Gasteiger charge is -2.13. The van der Waals surface area contributed by atoms with Crippen molar-refractivity contribution in [3.63, 3.8) is 0 Å². The molecule has 4 aromatic rings. The molecular formula is C26H23N2+. The molecule has 0 saturated heterocycles. The minimum absolute atomic E-state index is 1.02. The molecule has 4 aromatic carbocycles. The first-order valence-corrected chi connectivity index (χ1v) is 9.47. The Kier molecular flexibility index (Phi) is 5.30. The number of nitrogens with zero attached hydrogens (tertiary/aromatic N) is 1. The van der Waals surface area contributed by atoms with Crippen LogP contribution in [0.1, 0.15) is 11.1 Å². The zero-order valence-electron chi connectivity index (χ0n) is 15.9. The molecule has 0 atom stereocenters. The second-order valence-electron chi connectivity index (χ2n) is 6.71. The summed E-state index contributed by atoms with van der Waals surface area (Å²) in [5, 5.41) is 3.66.